The lowest BCUT2D eigenvalue weighted by atomic mass is 9.87. The van der Waals surface area contributed by atoms with Gasteiger partial charge in [0, 0.05) is 0 Å². The van der Waals surface area contributed by atoms with Crippen LogP contribution in [-0.2, 0) is 9.47 Å². The van der Waals surface area contributed by atoms with Crippen molar-refractivity contribution >= 4 is 11.9 Å². The number of carbonyl (C=O) groups is 2. The monoisotopic (exact) mass is 360 g/mol. The average molecular weight is 360 g/mol. The highest BCUT2D eigenvalue weighted by Crippen LogP contribution is 2.26. The molecule has 0 aliphatic heterocycles. The Kier molecular flexibility index (Phi) is 8.66. The van der Waals surface area contributed by atoms with Crippen LogP contribution < -0.4 is 0 Å². The van der Waals surface area contributed by atoms with Gasteiger partial charge in [0.2, 0.25) is 0 Å². The molecule has 0 radical (unpaired) electrons. The molecule has 1 aromatic rings. The van der Waals surface area contributed by atoms with Gasteiger partial charge < -0.3 is 9.47 Å². The summed E-state index contributed by atoms with van der Waals surface area (Å²) in [6.07, 6.45) is 9.11. The average Bonchev–Trinajstić information content (AvgIpc) is 2.65. The predicted octanol–water partition coefficient (Wildman–Crippen LogP) is 5.41. The van der Waals surface area contributed by atoms with Gasteiger partial charge in [0.15, 0.2) is 0 Å². The zero-order valence-electron chi connectivity index (χ0n) is 16.2. The molecule has 4 nitrogen and oxygen atoms in total. The molecule has 0 heterocycles. The van der Waals surface area contributed by atoms with Crippen LogP contribution in [0.5, 0.6) is 0 Å². The smallest absolute Gasteiger partial charge is 0.339 e. The van der Waals surface area contributed by atoms with E-state index in [1.807, 2.05) is 0 Å². The molecule has 1 fully saturated rings. The number of esters is 2. The van der Waals surface area contributed by atoms with Crippen LogP contribution in [0.15, 0.2) is 24.3 Å². The van der Waals surface area contributed by atoms with Gasteiger partial charge in [0.05, 0.1) is 24.3 Å². The molecular weight excluding hydrogens is 328 g/mol. The maximum atomic E-state index is 12.4. The summed E-state index contributed by atoms with van der Waals surface area (Å²) in [6, 6.07) is 6.74. The molecule has 144 valence electrons. The number of hydrogen-bond acceptors (Lipinski definition) is 4. The SMILES string of the molecule is CC(C)CCCOC(=O)c1ccccc1C(=O)OCCC1CCCCC1. The summed E-state index contributed by atoms with van der Waals surface area (Å²) < 4.78 is 10.8. The van der Waals surface area contributed by atoms with E-state index in [0.29, 0.717) is 36.2 Å². The Bertz CT molecular complexity index is 573. The van der Waals surface area contributed by atoms with Gasteiger partial charge in [-0.05, 0) is 43.2 Å². The van der Waals surface area contributed by atoms with Gasteiger partial charge in [-0.3, -0.25) is 0 Å². The lowest BCUT2D eigenvalue weighted by Crippen LogP contribution is -2.16. The zero-order valence-corrected chi connectivity index (χ0v) is 16.2. The van der Waals surface area contributed by atoms with Crippen molar-refractivity contribution < 1.29 is 19.1 Å². The van der Waals surface area contributed by atoms with Crippen molar-refractivity contribution in [2.24, 2.45) is 11.8 Å². The molecule has 0 amide bonds. The second-order valence-electron chi connectivity index (χ2n) is 7.65. The van der Waals surface area contributed by atoms with Gasteiger partial charge in [-0.2, -0.15) is 0 Å². The summed E-state index contributed by atoms with van der Waals surface area (Å²) >= 11 is 0. The van der Waals surface area contributed by atoms with Crippen molar-refractivity contribution in [2.45, 2.75) is 65.2 Å². The number of hydrogen-bond donors (Lipinski definition) is 0. The Hall–Kier alpha value is -1.84. The molecule has 0 N–H and O–H groups in total. The van der Waals surface area contributed by atoms with Crippen molar-refractivity contribution in [1.29, 1.82) is 0 Å². The van der Waals surface area contributed by atoms with Crippen LogP contribution in [0.4, 0.5) is 0 Å². The number of ether oxygens (including phenoxy) is 2. The van der Waals surface area contributed by atoms with Crippen LogP contribution in [0.25, 0.3) is 0 Å². The number of benzene rings is 1. The third-order valence-electron chi connectivity index (χ3n) is 5.01. The highest BCUT2D eigenvalue weighted by Gasteiger charge is 2.20. The highest BCUT2D eigenvalue weighted by molar-refractivity contribution is 6.03. The van der Waals surface area contributed by atoms with E-state index in [1.54, 1.807) is 24.3 Å². The fourth-order valence-corrected chi connectivity index (χ4v) is 3.45. The normalized spacial score (nSPS) is 15.0. The van der Waals surface area contributed by atoms with Crippen LogP contribution in [0, 0.1) is 11.8 Å². The standard InChI is InChI=1S/C22H32O4/c1-17(2)9-8-15-25-21(23)19-12-6-7-13-20(19)22(24)26-16-14-18-10-4-3-5-11-18/h6-7,12-13,17-18H,3-5,8-11,14-16H2,1-2H3. The van der Waals surface area contributed by atoms with E-state index in [9.17, 15) is 9.59 Å². The number of carbonyl (C=O) groups excluding carboxylic acids is 2. The summed E-state index contributed by atoms with van der Waals surface area (Å²) in [5.74, 6) is 0.363. The summed E-state index contributed by atoms with van der Waals surface area (Å²) in [5.41, 5.74) is 0.588. The van der Waals surface area contributed by atoms with Gasteiger partial charge in [0.25, 0.3) is 0 Å². The fraction of sp³-hybridized carbons (Fsp3) is 0.636. The van der Waals surface area contributed by atoms with E-state index in [1.165, 1.54) is 32.1 Å². The second kappa shape index (κ2) is 11.0. The topological polar surface area (TPSA) is 52.6 Å². The van der Waals surface area contributed by atoms with Gasteiger partial charge in [-0.1, -0.05) is 58.1 Å². The molecule has 1 aliphatic rings. The lowest BCUT2D eigenvalue weighted by Gasteiger charge is -2.21. The van der Waals surface area contributed by atoms with E-state index in [4.69, 9.17) is 9.47 Å². The minimum Gasteiger partial charge on any atom is -0.462 e. The minimum atomic E-state index is -0.450. The zero-order chi connectivity index (χ0) is 18.8. The van der Waals surface area contributed by atoms with Crippen molar-refractivity contribution in [2.75, 3.05) is 13.2 Å². The van der Waals surface area contributed by atoms with E-state index in [2.05, 4.69) is 13.8 Å². The predicted molar refractivity (Wildman–Crippen MR) is 102 cm³/mol. The molecule has 4 heteroatoms. The summed E-state index contributed by atoms with van der Waals surface area (Å²) in [6.45, 7) is 5.07. The Morgan fingerprint density at radius 1 is 0.962 bits per heavy atom. The Morgan fingerprint density at radius 2 is 1.54 bits per heavy atom. The lowest BCUT2D eigenvalue weighted by molar-refractivity contribution is 0.0436. The van der Waals surface area contributed by atoms with Crippen LogP contribution in [0.1, 0.15) is 85.9 Å². The first-order valence-corrected chi connectivity index (χ1v) is 10.0. The summed E-state index contributed by atoms with van der Waals surface area (Å²) in [4.78, 5) is 24.7. The van der Waals surface area contributed by atoms with E-state index in [-0.39, 0.29) is 0 Å². The first kappa shape index (κ1) is 20.5. The molecule has 0 saturated heterocycles. The Labute approximate surface area is 157 Å². The third kappa shape index (κ3) is 6.81. The molecular formula is C22H32O4. The molecule has 0 unspecified atom stereocenters. The second-order valence-corrected chi connectivity index (χ2v) is 7.65. The first-order chi connectivity index (χ1) is 12.6. The number of rotatable bonds is 9. The maximum absolute atomic E-state index is 12.4. The van der Waals surface area contributed by atoms with Gasteiger partial charge in [-0.15, -0.1) is 0 Å². The molecule has 1 aromatic carbocycles. The minimum absolute atomic E-state index is 0.291. The van der Waals surface area contributed by atoms with Gasteiger partial charge in [-0.25, -0.2) is 9.59 Å². The van der Waals surface area contributed by atoms with E-state index >= 15 is 0 Å². The molecule has 0 spiro atoms. The van der Waals surface area contributed by atoms with Gasteiger partial charge in [0.1, 0.15) is 0 Å². The van der Waals surface area contributed by atoms with Crippen molar-refractivity contribution in [3.63, 3.8) is 0 Å². The highest BCUT2D eigenvalue weighted by atomic mass is 16.5. The largest absolute Gasteiger partial charge is 0.462 e. The third-order valence-corrected chi connectivity index (χ3v) is 5.01. The van der Waals surface area contributed by atoms with Crippen LogP contribution in [-0.4, -0.2) is 25.2 Å². The first-order valence-electron chi connectivity index (χ1n) is 10.0. The van der Waals surface area contributed by atoms with Crippen molar-refractivity contribution in [1.82, 2.24) is 0 Å². The Balaban J connectivity index is 1.83. The summed E-state index contributed by atoms with van der Waals surface area (Å²) in [7, 11) is 0. The molecule has 1 aliphatic carbocycles. The Morgan fingerprint density at radius 3 is 2.12 bits per heavy atom. The molecule has 1 saturated carbocycles. The molecule has 0 aromatic heterocycles. The maximum Gasteiger partial charge on any atom is 0.339 e. The van der Waals surface area contributed by atoms with E-state index < -0.39 is 11.9 Å². The van der Waals surface area contributed by atoms with Crippen molar-refractivity contribution in [3.05, 3.63) is 35.4 Å². The van der Waals surface area contributed by atoms with Crippen molar-refractivity contribution in [3.8, 4) is 0 Å². The van der Waals surface area contributed by atoms with E-state index in [0.717, 1.165) is 19.3 Å². The summed E-state index contributed by atoms with van der Waals surface area (Å²) in [5, 5.41) is 0. The molecule has 0 atom stereocenters. The van der Waals surface area contributed by atoms with Crippen LogP contribution >= 0.6 is 0 Å². The quantitative estimate of drug-likeness (QED) is 0.436. The molecule has 0 bridgehead atoms. The van der Waals surface area contributed by atoms with Gasteiger partial charge >= 0.3 is 11.9 Å². The van der Waals surface area contributed by atoms with Crippen LogP contribution in [0.2, 0.25) is 0 Å². The fourth-order valence-electron chi connectivity index (χ4n) is 3.45. The molecule has 26 heavy (non-hydrogen) atoms. The van der Waals surface area contributed by atoms with Crippen LogP contribution in [0.3, 0.4) is 0 Å². The molecule has 2 rings (SSSR count).